The van der Waals surface area contributed by atoms with E-state index in [0.29, 0.717) is 36.5 Å². The van der Waals surface area contributed by atoms with E-state index in [0.717, 1.165) is 30.2 Å². The minimum atomic E-state index is -1.31. The van der Waals surface area contributed by atoms with Gasteiger partial charge in [-0.2, -0.15) is 0 Å². The van der Waals surface area contributed by atoms with Crippen LogP contribution in [0.1, 0.15) is 44.1 Å². The van der Waals surface area contributed by atoms with Crippen LogP contribution in [0, 0.1) is 24.7 Å². The Balaban J connectivity index is 1.42. The van der Waals surface area contributed by atoms with Gasteiger partial charge in [0.25, 0.3) is 0 Å². The van der Waals surface area contributed by atoms with E-state index in [2.05, 4.69) is 15.3 Å². The largest absolute Gasteiger partial charge is 0.496 e. The first-order valence-corrected chi connectivity index (χ1v) is 13.2. The molecular weight excluding hydrogens is 488 g/mol. The Morgan fingerprint density at radius 3 is 2.74 bits per heavy atom. The summed E-state index contributed by atoms with van der Waals surface area (Å²) in [6.45, 7) is 2.51. The highest BCUT2D eigenvalue weighted by Crippen LogP contribution is 2.46. The van der Waals surface area contributed by atoms with Gasteiger partial charge in [0.05, 0.1) is 29.8 Å². The van der Waals surface area contributed by atoms with Crippen LogP contribution in [-0.2, 0) is 14.4 Å². The SMILES string of the molecule is COc1ccc2c(O[C@H]3CC4C(=O)N(C)CCCC/C=C\[C@H]5C[C@@]5(C(=O)O)NC(=O)[C@@H]4C3)ncnc2c1C. The molecule has 38 heavy (non-hydrogen) atoms. The molecule has 0 spiro atoms. The number of hydrogen-bond donors (Lipinski definition) is 2. The van der Waals surface area contributed by atoms with E-state index in [9.17, 15) is 19.5 Å². The normalized spacial score (nSPS) is 30.6. The molecule has 1 aromatic carbocycles. The quantitative estimate of drug-likeness (QED) is 0.586. The number of aryl methyl sites for hydroxylation is 1. The van der Waals surface area contributed by atoms with Crippen molar-refractivity contribution in [2.75, 3.05) is 20.7 Å². The van der Waals surface area contributed by atoms with Crippen molar-refractivity contribution in [2.45, 2.75) is 57.1 Å². The summed E-state index contributed by atoms with van der Waals surface area (Å²) in [7, 11) is 3.36. The summed E-state index contributed by atoms with van der Waals surface area (Å²) < 4.78 is 11.7. The second kappa shape index (κ2) is 10.2. The number of benzene rings is 1. The average molecular weight is 523 g/mol. The molecule has 1 unspecified atom stereocenters. The molecule has 10 heteroatoms. The lowest BCUT2D eigenvalue weighted by Gasteiger charge is -2.26. The van der Waals surface area contributed by atoms with Crippen LogP contribution in [0.15, 0.2) is 30.6 Å². The van der Waals surface area contributed by atoms with Crippen molar-refractivity contribution in [1.29, 1.82) is 0 Å². The lowest BCUT2D eigenvalue weighted by molar-refractivity contribution is -0.145. The van der Waals surface area contributed by atoms with E-state index in [1.54, 1.807) is 19.1 Å². The minimum absolute atomic E-state index is 0.117. The molecular formula is C28H34N4O6. The summed E-state index contributed by atoms with van der Waals surface area (Å²) in [4.78, 5) is 49.6. The molecule has 0 radical (unpaired) electrons. The number of hydrogen-bond acceptors (Lipinski definition) is 7. The topological polar surface area (TPSA) is 131 Å². The number of amides is 2. The van der Waals surface area contributed by atoms with E-state index < -0.39 is 35.4 Å². The molecule has 1 aromatic heterocycles. The predicted octanol–water partition coefficient (Wildman–Crippen LogP) is 2.88. The fraction of sp³-hybridized carbons (Fsp3) is 0.536. The lowest BCUT2D eigenvalue weighted by Crippen LogP contribution is -2.49. The zero-order chi connectivity index (χ0) is 27.0. The van der Waals surface area contributed by atoms with Crippen LogP contribution in [0.4, 0.5) is 0 Å². The highest BCUT2D eigenvalue weighted by Gasteiger charge is 2.61. The Morgan fingerprint density at radius 1 is 1.18 bits per heavy atom. The Bertz CT molecular complexity index is 1300. The van der Waals surface area contributed by atoms with Crippen molar-refractivity contribution in [3.8, 4) is 11.6 Å². The Morgan fingerprint density at radius 2 is 1.97 bits per heavy atom. The highest BCUT2D eigenvalue weighted by molar-refractivity contribution is 5.94. The number of nitrogens with one attached hydrogen (secondary N) is 1. The number of fused-ring (bicyclic) bond motifs is 3. The third-order valence-corrected chi connectivity index (χ3v) is 8.25. The van der Waals surface area contributed by atoms with E-state index >= 15 is 0 Å². The monoisotopic (exact) mass is 522 g/mol. The molecule has 2 aliphatic carbocycles. The van der Waals surface area contributed by atoms with Crippen molar-refractivity contribution in [3.05, 3.63) is 36.2 Å². The van der Waals surface area contributed by atoms with Crippen molar-refractivity contribution in [2.24, 2.45) is 17.8 Å². The van der Waals surface area contributed by atoms with Gasteiger partial charge >= 0.3 is 5.97 Å². The van der Waals surface area contributed by atoms with Crippen LogP contribution < -0.4 is 14.8 Å². The maximum Gasteiger partial charge on any atom is 0.330 e. The van der Waals surface area contributed by atoms with E-state index in [1.807, 2.05) is 31.2 Å². The van der Waals surface area contributed by atoms with E-state index in [4.69, 9.17) is 9.47 Å². The van der Waals surface area contributed by atoms with Gasteiger partial charge in [0.2, 0.25) is 17.7 Å². The number of nitrogens with zero attached hydrogens (tertiary/aromatic N) is 3. The number of aliphatic carboxylic acids is 1. The molecule has 202 valence electrons. The van der Waals surface area contributed by atoms with Gasteiger partial charge in [-0.1, -0.05) is 12.2 Å². The zero-order valence-corrected chi connectivity index (χ0v) is 22.0. The average Bonchev–Trinajstić information content (AvgIpc) is 3.43. The second-order valence-corrected chi connectivity index (χ2v) is 10.7. The van der Waals surface area contributed by atoms with Crippen molar-refractivity contribution in [3.63, 3.8) is 0 Å². The van der Waals surface area contributed by atoms with Gasteiger partial charge in [-0.05, 0) is 57.6 Å². The number of ether oxygens (including phenoxy) is 2. The number of carboxylic acid groups (broad SMARTS) is 1. The summed E-state index contributed by atoms with van der Waals surface area (Å²) in [5, 5.41) is 13.5. The van der Waals surface area contributed by atoms with Gasteiger partial charge in [0.15, 0.2) is 0 Å². The van der Waals surface area contributed by atoms with Gasteiger partial charge in [-0.3, -0.25) is 9.59 Å². The van der Waals surface area contributed by atoms with Gasteiger partial charge in [-0.25, -0.2) is 14.8 Å². The lowest BCUT2D eigenvalue weighted by atomic mass is 9.93. The summed E-state index contributed by atoms with van der Waals surface area (Å²) in [6, 6.07) is 3.67. The molecule has 2 fully saturated rings. The Hall–Kier alpha value is -3.69. The predicted molar refractivity (Wildman–Crippen MR) is 139 cm³/mol. The van der Waals surface area contributed by atoms with E-state index in [-0.39, 0.29) is 18.2 Å². The maximum atomic E-state index is 13.5. The van der Waals surface area contributed by atoms with Crippen LogP contribution in [0.25, 0.3) is 10.9 Å². The van der Waals surface area contributed by atoms with Crippen LogP contribution in [0.3, 0.4) is 0 Å². The fourth-order valence-electron chi connectivity index (χ4n) is 5.89. The van der Waals surface area contributed by atoms with Crippen molar-refractivity contribution >= 4 is 28.7 Å². The number of methoxy groups -OCH3 is 1. The number of rotatable bonds is 4. The zero-order valence-electron chi connectivity index (χ0n) is 22.0. The molecule has 3 aliphatic rings. The number of carbonyl (C=O) groups excluding carboxylic acids is 2. The van der Waals surface area contributed by atoms with Gasteiger partial charge in [-0.15, -0.1) is 0 Å². The summed E-state index contributed by atoms with van der Waals surface area (Å²) in [6.07, 6.45) is 8.40. The molecule has 2 N–H and O–H groups in total. The van der Waals surface area contributed by atoms with Gasteiger partial charge < -0.3 is 24.8 Å². The summed E-state index contributed by atoms with van der Waals surface area (Å²) in [5.41, 5.74) is 0.256. The van der Waals surface area contributed by atoms with Crippen LogP contribution in [-0.4, -0.2) is 70.1 Å². The number of allylic oxidation sites excluding steroid dienone is 1. The molecule has 2 saturated carbocycles. The molecule has 1 aliphatic heterocycles. The van der Waals surface area contributed by atoms with E-state index in [1.165, 1.54) is 6.33 Å². The number of carboxylic acids is 1. The molecule has 2 amide bonds. The number of aromatic nitrogens is 2. The first-order chi connectivity index (χ1) is 18.2. The first kappa shape index (κ1) is 25.9. The van der Waals surface area contributed by atoms with Crippen LogP contribution in [0.2, 0.25) is 0 Å². The van der Waals surface area contributed by atoms with Crippen molar-refractivity contribution in [1.82, 2.24) is 20.2 Å². The molecule has 5 rings (SSSR count). The molecule has 2 heterocycles. The smallest absolute Gasteiger partial charge is 0.330 e. The Labute approximate surface area is 221 Å². The molecule has 0 saturated heterocycles. The molecule has 5 atom stereocenters. The molecule has 0 bridgehead atoms. The molecule has 2 aromatic rings. The highest BCUT2D eigenvalue weighted by atomic mass is 16.5. The summed E-state index contributed by atoms with van der Waals surface area (Å²) >= 11 is 0. The minimum Gasteiger partial charge on any atom is -0.496 e. The second-order valence-electron chi connectivity index (χ2n) is 10.7. The molecule has 10 nitrogen and oxygen atoms in total. The fourth-order valence-corrected chi connectivity index (χ4v) is 5.89. The third-order valence-electron chi connectivity index (χ3n) is 8.25. The van der Waals surface area contributed by atoms with Crippen LogP contribution in [0.5, 0.6) is 11.6 Å². The standard InChI is InChI=1S/C28H34N4O6/c1-16-22(37-3)10-9-19-23(16)29-15-30-25(19)38-18-12-20-21(13-18)26(34)32(2)11-7-5-4-6-8-17-14-28(17,27(35)36)31-24(20)33/h6,8-10,15,17-18,20-21H,4-5,7,11-14H2,1-3H3,(H,31,33)(H,35,36)/b8-6-/t17-,18+,20+,21?,28+/m0/s1. The summed E-state index contributed by atoms with van der Waals surface area (Å²) in [5.74, 6) is -2.04. The maximum absolute atomic E-state index is 13.5. The number of carbonyl (C=O) groups is 3. The van der Waals surface area contributed by atoms with Crippen molar-refractivity contribution < 1.29 is 29.0 Å². The third kappa shape index (κ3) is 4.68. The van der Waals surface area contributed by atoms with Crippen LogP contribution >= 0.6 is 0 Å². The first-order valence-electron chi connectivity index (χ1n) is 13.2. The Kier molecular flexibility index (Phi) is 6.98. The van der Waals surface area contributed by atoms with Gasteiger partial charge in [0.1, 0.15) is 23.7 Å². The van der Waals surface area contributed by atoms with Gasteiger partial charge in [0, 0.05) is 25.1 Å².